The van der Waals surface area contributed by atoms with Gasteiger partial charge in [0.1, 0.15) is 0 Å². The van der Waals surface area contributed by atoms with E-state index in [9.17, 15) is 0 Å². The largest absolute Gasteiger partial charge is 0.467 e. The number of ether oxygens (including phenoxy) is 1. The molecule has 1 saturated heterocycles. The van der Waals surface area contributed by atoms with Crippen molar-refractivity contribution in [1.82, 2.24) is 15.0 Å². The van der Waals surface area contributed by atoms with Gasteiger partial charge in [-0.2, -0.15) is 26.7 Å². The number of hydrogen-bond donors (Lipinski definition) is 2. The Kier molecular flexibility index (Phi) is 4.86. The van der Waals surface area contributed by atoms with Crippen molar-refractivity contribution in [2.45, 2.75) is 24.5 Å². The van der Waals surface area contributed by atoms with Crippen LogP contribution in [0.4, 0.5) is 11.9 Å². The van der Waals surface area contributed by atoms with Crippen LogP contribution in [0.5, 0.6) is 6.01 Å². The first-order valence-corrected chi connectivity index (χ1v) is 7.20. The predicted octanol–water partition coefficient (Wildman–Crippen LogP) is 1.62. The molecule has 2 heterocycles. The zero-order chi connectivity index (χ0) is 12.8. The van der Waals surface area contributed by atoms with Crippen molar-refractivity contribution in [2.24, 2.45) is 0 Å². The number of hydrogen-bond acceptors (Lipinski definition) is 7. The molecule has 1 atom stereocenters. The van der Waals surface area contributed by atoms with Crippen molar-refractivity contribution in [1.29, 1.82) is 0 Å². The van der Waals surface area contributed by atoms with Crippen LogP contribution in [-0.4, -0.2) is 46.7 Å². The maximum absolute atomic E-state index is 5.04. The number of methoxy groups -OCH3 is 1. The maximum atomic E-state index is 5.04. The Morgan fingerprint density at radius 3 is 2.78 bits per heavy atom. The summed E-state index contributed by atoms with van der Waals surface area (Å²) in [4.78, 5) is 12.5. The fraction of sp³-hybridized carbons (Fsp3) is 0.727. The molecule has 18 heavy (non-hydrogen) atoms. The molecule has 100 valence electrons. The van der Waals surface area contributed by atoms with E-state index in [1.807, 2.05) is 11.8 Å². The van der Waals surface area contributed by atoms with Crippen LogP contribution in [0.15, 0.2) is 0 Å². The minimum Gasteiger partial charge on any atom is -0.467 e. The number of rotatable bonds is 5. The van der Waals surface area contributed by atoms with Gasteiger partial charge in [0.05, 0.1) is 7.11 Å². The monoisotopic (exact) mass is 269 g/mol. The van der Waals surface area contributed by atoms with E-state index in [2.05, 4.69) is 25.6 Å². The van der Waals surface area contributed by atoms with E-state index < -0.39 is 0 Å². The lowest BCUT2D eigenvalue weighted by Gasteiger charge is -2.21. The molecular formula is C11H19N5OS. The first kappa shape index (κ1) is 13.2. The van der Waals surface area contributed by atoms with Gasteiger partial charge in [0.15, 0.2) is 0 Å². The second-order valence-electron chi connectivity index (χ2n) is 4.09. The molecule has 1 aliphatic heterocycles. The van der Waals surface area contributed by atoms with E-state index in [0.717, 1.165) is 6.54 Å². The third-order valence-electron chi connectivity index (χ3n) is 2.78. The number of thioether (sulfide) groups is 1. The highest BCUT2D eigenvalue weighted by Gasteiger charge is 2.14. The Hall–Kier alpha value is -1.24. The Morgan fingerprint density at radius 2 is 2.11 bits per heavy atom. The molecule has 0 bridgehead atoms. The third kappa shape index (κ3) is 3.63. The minimum absolute atomic E-state index is 0.327. The highest BCUT2D eigenvalue weighted by atomic mass is 32.2. The fourth-order valence-electron chi connectivity index (χ4n) is 1.81. The van der Waals surface area contributed by atoms with E-state index in [1.165, 1.54) is 25.0 Å². The van der Waals surface area contributed by atoms with Crippen molar-refractivity contribution >= 4 is 23.7 Å². The molecule has 2 rings (SSSR count). The Bertz CT molecular complexity index is 361. The summed E-state index contributed by atoms with van der Waals surface area (Å²) in [6, 6.07) is 0.327. The minimum atomic E-state index is 0.327. The molecule has 2 N–H and O–H groups in total. The van der Waals surface area contributed by atoms with Crippen molar-refractivity contribution in [3.05, 3.63) is 0 Å². The molecule has 0 amide bonds. The third-order valence-corrected chi connectivity index (χ3v) is 4.18. The number of aromatic nitrogens is 3. The molecule has 1 unspecified atom stereocenters. The van der Waals surface area contributed by atoms with Gasteiger partial charge >= 0.3 is 6.01 Å². The summed E-state index contributed by atoms with van der Waals surface area (Å²) in [5.74, 6) is 2.34. The summed E-state index contributed by atoms with van der Waals surface area (Å²) in [7, 11) is 3.32. The van der Waals surface area contributed by atoms with Crippen LogP contribution >= 0.6 is 11.8 Å². The highest BCUT2D eigenvalue weighted by molar-refractivity contribution is 7.99. The van der Waals surface area contributed by atoms with Gasteiger partial charge in [-0.25, -0.2) is 0 Å². The lowest BCUT2D eigenvalue weighted by atomic mass is 10.2. The van der Waals surface area contributed by atoms with Crippen LogP contribution in [0, 0.1) is 0 Å². The summed E-state index contributed by atoms with van der Waals surface area (Å²) < 4.78 is 5.04. The number of nitrogens with zero attached hydrogens (tertiary/aromatic N) is 3. The Balaban J connectivity index is 1.94. The lowest BCUT2D eigenvalue weighted by molar-refractivity contribution is 0.379. The van der Waals surface area contributed by atoms with Crippen LogP contribution in [0.1, 0.15) is 19.3 Å². The SMILES string of the molecule is CNc1nc(NCC2CCCCS2)nc(OC)n1. The quantitative estimate of drug-likeness (QED) is 0.841. The molecule has 1 aromatic heterocycles. The average molecular weight is 269 g/mol. The van der Waals surface area contributed by atoms with Crippen molar-refractivity contribution in [3.8, 4) is 6.01 Å². The summed E-state index contributed by atoms with van der Waals surface area (Å²) >= 11 is 2.02. The van der Waals surface area contributed by atoms with Crippen LogP contribution in [0.2, 0.25) is 0 Å². The van der Waals surface area contributed by atoms with Gasteiger partial charge in [0, 0.05) is 18.8 Å². The van der Waals surface area contributed by atoms with Crippen molar-refractivity contribution < 1.29 is 4.74 Å². The zero-order valence-corrected chi connectivity index (χ0v) is 11.6. The molecule has 1 aromatic rings. The number of anilines is 2. The van der Waals surface area contributed by atoms with Gasteiger partial charge in [-0.15, -0.1) is 0 Å². The van der Waals surface area contributed by atoms with Gasteiger partial charge in [-0.05, 0) is 18.6 Å². The summed E-state index contributed by atoms with van der Waals surface area (Å²) in [6.45, 7) is 0.890. The molecular weight excluding hydrogens is 250 g/mol. The van der Waals surface area contributed by atoms with Gasteiger partial charge < -0.3 is 15.4 Å². The molecule has 1 fully saturated rings. The molecule has 1 aliphatic rings. The number of nitrogens with one attached hydrogen (secondary N) is 2. The molecule has 0 aromatic carbocycles. The molecule has 6 nitrogen and oxygen atoms in total. The summed E-state index contributed by atoms with van der Waals surface area (Å²) in [5, 5.41) is 6.81. The van der Waals surface area contributed by atoms with E-state index in [1.54, 1.807) is 14.2 Å². The van der Waals surface area contributed by atoms with E-state index in [0.29, 0.717) is 23.2 Å². The Morgan fingerprint density at radius 1 is 1.28 bits per heavy atom. The second-order valence-corrected chi connectivity index (χ2v) is 5.50. The molecule has 0 spiro atoms. The summed E-state index contributed by atoms with van der Waals surface area (Å²) in [5.41, 5.74) is 0. The van der Waals surface area contributed by atoms with Gasteiger partial charge in [-0.3, -0.25) is 0 Å². The lowest BCUT2D eigenvalue weighted by Crippen LogP contribution is -2.21. The normalized spacial score (nSPS) is 19.3. The van der Waals surface area contributed by atoms with Crippen LogP contribution in [0.3, 0.4) is 0 Å². The van der Waals surface area contributed by atoms with Crippen LogP contribution < -0.4 is 15.4 Å². The Labute approximate surface area is 111 Å². The van der Waals surface area contributed by atoms with Gasteiger partial charge in [-0.1, -0.05) is 6.42 Å². The van der Waals surface area contributed by atoms with E-state index in [4.69, 9.17) is 4.74 Å². The molecule has 0 aliphatic carbocycles. The fourth-order valence-corrected chi connectivity index (χ4v) is 3.05. The summed E-state index contributed by atoms with van der Waals surface area (Å²) in [6.07, 6.45) is 3.92. The molecule has 0 radical (unpaired) electrons. The second kappa shape index (κ2) is 6.63. The topological polar surface area (TPSA) is 72.0 Å². The van der Waals surface area contributed by atoms with Crippen molar-refractivity contribution in [3.63, 3.8) is 0 Å². The average Bonchev–Trinajstić information content (AvgIpc) is 2.45. The van der Waals surface area contributed by atoms with Gasteiger partial charge in [0.2, 0.25) is 11.9 Å². The standard InChI is InChI=1S/C11H19N5OS/c1-12-9-14-10(16-11(15-9)17-2)13-7-8-5-3-4-6-18-8/h8H,3-7H2,1-2H3,(H2,12,13,14,15,16). The van der Waals surface area contributed by atoms with E-state index in [-0.39, 0.29) is 0 Å². The van der Waals surface area contributed by atoms with Crippen molar-refractivity contribution in [2.75, 3.05) is 37.1 Å². The maximum Gasteiger partial charge on any atom is 0.322 e. The van der Waals surface area contributed by atoms with Crippen LogP contribution in [0.25, 0.3) is 0 Å². The molecule has 7 heteroatoms. The zero-order valence-electron chi connectivity index (χ0n) is 10.8. The first-order valence-electron chi connectivity index (χ1n) is 6.15. The first-order chi connectivity index (χ1) is 8.81. The van der Waals surface area contributed by atoms with Crippen LogP contribution in [-0.2, 0) is 0 Å². The van der Waals surface area contributed by atoms with Gasteiger partial charge in [0.25, 0.3) is 0 Å². The molecule has 0 saturated carbocycles. The highest BCUT2D eigenvalue weighted by Crippen LogP contribution is 2.25. The predicted molar refractivity (Wildman–Crippen MR) is 74.5 cm³/mol. The smallest absolute Gasteiger partial charge is 0.322 e. The van der Waals surface area contributed by atoms with E-state index >= 15 is 0 Å².